The lowest BCUT2D eigenvalue weighted by Gasteiger charge is -2.08. The molecular formula is C10H8F3NO4. The zero-order chi connectivity index (χ0) is 13.8. The van der Waals surface area contributed by atoms with Crippen molar-refractivity contribution in [2.75, 3.05) is 6.61 Å². The lowest BCUT2D eigenvalue weighted by molar-refractivity contribution is -0.274. The fourth-order valence-electron chi connectivity index (χ4n) is 1.01. The summed E-state index contributed by atoms with van der Waals surface area (Å²) in [7, 11) is 0. The van der Waals surface area contributed by atoms with E-state index in [1.807, 2.05) is 0 Å². The van der Waals surface area contributed by atoms with Gasteiger partial charge in [-0.25, -0.2) is 4.79 Å². The van der Waals surface area contributed by atoms with Crippen LogP contribution in [0.2, 0.25) is 0 Å². The molecule has 0 bridgehead atoms. The molecule has 0 saturated heterocycles. The highest BCUT2D eigenvalue weighted by Crippen LogP contribution is 2.22. The standard InChI is InChI=1S/C10H8F3NO4/c11-10(12,13)18-7-3-1-6(2-4-7)9(16)17-5-8(14)15/h1-4H,5H2,(H2,14,15). The van der Waals surface area contributed by atoms with E-state index in [-0.39, 0.29) is 5.56 Å². The van der Waals surface area contributed by atoms with Crippen molar-refractivity contribution in [1.29, 1.82) is 0 Å². The van der Waals surface area contributed by atoms with E-state index in [9.17, 15) is 22.8 Å². The molecule has 1 rings (SSSR count). The van der Waals surface area contributed by atoms with Gasteiger partial charge in [0.2, 0.25) is 0 Å². The van der Waals surface area contributed by atoms with Gasteiger partial charge in [0.05, 0.1) is 5.56 Å². The van der Waals surface area contributed by atoms with Gasteiger partial charge >= 0.3 is 12.3 Å². The van der Waals surface area contributed by atoms with E-state index in [4.69, 9.17) is 5.73 Å². The normalized spacial score (nSPS) is 10.8. The Morgan fingerprint density at radius 3 is 2.17 bits per heavy atom. The van der Waals surface area contributed by atoms with E-state index in [1.165, 1.54) is 0 Å². The SMILES string of the molecule is NC(=O)COC(=O)c1ccc(OC(F)(F)F)cc1. The van der Waals surface area contributed by atoms with Crippen molar-refractivity contribution in [3.63, 3.8) is 0 Å². The molecule has 1 amide bonds. The zero-order valence-electron chi connectivity index (χ0n) is 8.86. The summed E-state index contributed by atoms with van der Waals surface area (Å²) in [6.45, 7) is -0.598. The Hall–Kier alpha value is -2.25. The number of benzene rings is 1. The molecule has 0 atom stereocenters. The molecule has 0 aliphatic heterocycles. The van der Waals surface area contributed by atoms with Crippen LogP contribution in [0.3, 0.4) is 0 Å². The van der Waals surface area contributed by atoms with Gasteiger partial charge in [-0.15, -0.1) is 13.2 Å². The fourth-order valence-corrected chi connectivity index (χ4v) is 1.01. The number of esters is 1. The molecule has 2 N–H and O–H groups in total. The van der Waals surface area contributed by atoms with Gasteiger partial charge in [-0.2, -0.15) is 0 Å². The summed E-state index contributed by atoms with van der Waals surface area (Å²) in [5, 5.41) is 0. The second kappa shape index (κ2) is 5.39. The second-order valence-corrected chi connectivity index (χ2v) is 3.11. The number of rotatable bonds is 4. The van der Waals surface area contributed by atoms with Gasteiger partial charge in [0.15, 0.2) is 6.61 Å². The topological polar surface area (TPSA) is 78.6 Å². The number of carbonyl (C=O) groups excluding carboxylic acids is 2. The van der Waals surface area contributed by atoms with Crippen molar-refractivity contribution in [1.82, 2.24) is 0 Å². The number of nitrogens with two attached hydrogens (primary N) is 1. The molecule has 0 aliphatic rings. The van der Waals surface area contributed by atoms with Gasteiger partial charge < -0.3 is 15.2 Å². The molecule has 1 aromatic rings. The summed E-state index contributed by atoms with van der Waals surface area (Å²) in [6, 6.07) is 4.05. The first-order valence-electron chi connectivity index (χ1n) is 4.59. The van der Waals surface area contributed by atoms with E-state index in [1.54, 1.807) is 0 Å². The number of hydrogen-bond acceptors (Lipinski definition) is 4. The van der Waals surface area contributed by atoms with Crippen LogP contribution >= 0.6 is 0 Å². The second-order valence-electron chi connectivity index (χ2n) is 3.11. The molecule has 0 heterocycles. The maximum Gasteiger partial charge on any atom is 0.573 e. The quantitative estimate of drug-likeness (QED) is 0.828. The average Bonchev–Trinajstić information content (AvgIpc) is 2.24. The van der Waals surface area contributed by atoms with Gasteiger partial charge in [-0.3, -0.25) is 4.79 Å². The molecule has 0 aliphatic carbocycles. The Balaban J connectivity index is 2.65. The highest BCUT2D eigenvalue weighted by molar-refractivity contribution is 5.91. The van der Waals surface area contributed by atoms with Crippen LogP contribution in [0.15, 0.2) is 24.3 Å². The molecular weight excluding hydrogens is 255 g/mol. The van der Waals surface area contributed by atoms with Crippen LogP contribution in [0.25, 0.3) is 0 Å². The predicted octanol–water partition coefficient (Wildman–Crippen LogP) is 1.23. The van der Waals surface area contributed by atoms with Gasteiger partial charge in [0.25, 0.3) is 5.91 Å². The van der Waals surface area contributed by atoms with E-state index < -0.39 is 30.6 Å². The predicted molar refractivity (Wildman–Crippen MR) is 52.6 cm³/mol. The molecule has 5 nitrogen and oxygen atoms in total. The first-order chi connectivity index (χ1) is 8.28. The largest absolute Gasteiger partial charge is 0.573 e. The molecule has 0 fully saturated rings. The third-order valence-corrected chi connectivity index (χ3v) is 1.67. The van der Waals surface area contributed by atoms with Crippen molar-refractivity contribution in [2.45, 2.75) is 6.36 Å². The van der Waals surface area contributed by atoms with E-state index in [2.05, 4.69) is 9.47 Å². The van der Waals surface area contributed by atoms with Crippen LogP contribution < -0.4 is 10.5 Å². The van der Waals surface area contributed by atoms with Crippen LogP contribution in [-0.2, 0) is 9.53 Å². The van der Waals surface area contributed by atoms with Gasteiger partial charge in [-0.05, 0) is 24.3 Å². The van der Waals surface area contributed by atoms with Crippen molar-refractivity contribution in [3.8, 4) is 5.75 Å². The maximum atomic E-state index is 11.8. The van der Waals surface area contributed by atoms with Crippen molar-refractivity contribution >= 4 is 11.9 Å². The lowest BCUT2D eigenvalue weighted by Crippen LogP contribution is -2.21. The first-order valence-corrected chi connectivity index (χ1v) is 4.59. The number of carbonyl (C=O) groups is 2. The monoisotopic (exact) mass is 263 g/mol. The third-order valence-electron chi connectivity index (χ3n) is 1.67. The Morgan fingerprint density at radius 1 is 1.17 bits per heavy atom. The van der Waals surface area contributed by atoms with Crippen LogP contribution in [0, 0.1) is 0 Å². The highest BCUT2D eigenvalue weighted by Gasteiger charge is 2.31. The maximum absolute atomic E-state index is 11.8. The lowest BCUT2D eigenvalue weighted by atomic mass is 10.2. The van der Waals surface area contributed by atoms with Gasteiger partial charge in [-0.1, -0.05) is 0 Å². The molecule has 98 valence electrons. The number of alkyl halides is 3. The van der Waals surface area contributed by atoms with E-state index in [0.29, 0.717) is 0 Å². The van der Waals surface area contributed by atoms with Crippen LogP contribution in [-0.4, -0.2) is 24.8 Å². The Labute approximate surface area is 99.3 Å². The number of ether oxygens (including phenoxy) is 2. The summed E-state index contributed by atoms with van der Waals surface area (Å²) in [6.07, 6.45) is -4.80. The minimum absolute atomic E-state index is 0.0224. The first kappa shape index (κ1) is 13.8. The van der Waals surface area contributed by atoms with Crippen molar-refractivity contribution < 1.29 is 32.2 Å². The summed E-state index contributed by atoms with van der Waals surface area (Å²) in [5.74, 6) is -2.17. The average molecular weight is 263 g/mol. The molecule has 0 saturated carbocycles. The number of hydrogen-bond donors (Lipinski definition) is 1. The van der Waals surface area contributed by atoms with E-state index >= 15 is 0 Å². The van der Waals surface area contributed by atoms with Crippen LogP contribution in [0.1, 0.15) is 10.4 Å². The van der Waals surface area contributed by atoms with Gasteiger partial charge in [0, 0.05) is 0 Å². The van der Waals surface area contributed by atoms with E-state index in [0.717, 1.165) is 24.3 Å². The number of amides is 1. The molecule has 0 unspecified atom stereocenters. The third kappa shape index (κ3) is 4.73. The minimum Gasteiger partial charge on any atom is -0.452 e. The molecule has 8 heteroatoms. The Morgan fingerprint density at radius 2 is 1.72 bits per heavy atom. The summed E-state index contributed by atoms with van der Waals surface area (Å²) >= 11 is 0. The highest BCUT2D eigenvalue weighted by atomic mass is 19.4. The number of primary amides is 1. The summed E-state index contributed by atoms with van der Waals surface area (Å²) < 4.78 is 43.6. The molecule has 0 aromatic heterocycles. The molecule has 1 aromatic carbocycles. The number of halogens is 3. The fraction of sp³-hybridized carbons (Fsp3) is 0.200. The molecule has 0 spiro atoms. The smallest absolute Gasteiger partial charge is 0.452 e. The van der Waals surface area contributed by atoms with Crippen LogP contribution in [0.5, 0.6) is 5.75 Å². The van der Waals surface area contributed by atoms with Crippen LogP contribution in [0.4, 0.5) is 13.2 Å². The summed E-state index contributed by atoms with van der Waals surface area (Å²) in [4.78, 5) is 21.6. The Bertz CT molecular complexity index is 441. The van der Waals surface area contributed by atoms with Crippen molar-refractivity contribution in [3.05, 3.63) is 29.8 Å². The van der Waals surface area contributed by atoms with Gasteiger partial charge in [0.1, 0.15) is 5.75 Å². The minimum atomic E-state index is -4.80. The molecule has 0 radical (unpaired) electrons. The molecule has 18 heavy (non-hydrogen) atoms. The van der Waals surface area contributed by atoms with Crippen molar-refractivity contribution in [2.24, 2.45) is 5.73 Å². The summed E-state index contributed by atoms with van der Waals surface area (Å²) in [5.41, 5.74) is 4.73. The Kier molecular flexibility index (Phi) is 4.13. The zero-order valence-corrected chi connectivity index (χ0v) is 8.86.